The predicted molar refractivity (Wildman–Crippen MR) is 141 cm³/mol. The molecule has 0 radical (unpaired) electrons. The van der Waals surface area contributed by atoms with E-state index in [2.05, 4.69) is 4.90 Å². The summed E-state index contributed by atoms with van der Waals surface area (Å²) >= 11 is 0. The topological polar surface area (TPSA) is 59.0 Å². The number of aryl methyl sites for hydroxylation is 2. The first-order valence-corrected chi connectivity index (χ1v) is 13.0. The molecule has 2 aromatic rings. The Morgan fingerprint density at radius 2 is 2.03 bits per heavy atom. The third-order valence-electron chi connectivity index (χ3n) is 6.79. The first kappa shape index (κ1) is 28.0. The van der Waals surface area contributed by atoms with Gasteiger partial charge in [0.05, 0.1) is 25.4 Å². The number of hydrogen-bond donors (Lipinski definition) is 1. The van der Waals surface area contributed by atoms with E-state index in [9.17, 15) is 14.3 Å². The average molecular weight is 498 g/mol. The standard InChI is InChI=1S/C30H40FNO4/c1-5-29(27-13-9-21(3)16-24(27)12-14-30(34)35-6-2)36-20-26(33)19-32-15-7-8-25(32)17-23-11-10-22(4)28(31)18-23/h9-14,16,18,25-26,29,33H,5-8,15,17,19-20H2,1-4H3/b14-12+/t25-,26+,29+/m0/s1. The van der Waals surface area contributed by atoms with Gasteiger partial charge in [0.25, 0.3) is 0 Å². The molecule has 1 N–H and O–H groups in total. The third kappa shape index (κ3) is 7.99. The number of aliphatic hydroxyl groups is 1. The largest absolute Gasteiger partial charge is 0.463 e. The Labute approximate surface area is 214 Å². The summed E-state index contributed by atoms with van der Waals surface area (Å²) in [6.45, 7) is 9.62. The van der Waals surface area contributed by atoms with Gasteiger partial charge in [-0.3, -0.25) is 4.90 Å². The molecule has 1 aliphatic heterocycles. The van der Waals surface area contributed by atoms with Gasteiger partial charge in [0, 0.05) is 18.7 Å². The molecule has 3 atom stereocenters. The Morgan fingerprint density at radius 1 is 1.22 bits per heavy atom. The summed E-state index contributed by atoms with van der Waals surface area (Å²) in [5.74, 6) is -0.536. The number of rotatable bonds is 12. The number of ether oxygens (including phenoxy) is 2. The molecule has 3 rings (SSSR count). The van der Waals surface area contributed by atoms with Crippen molar-refractivity contribution in [3.63, 3.8) is 0 Å². The number of likely N-dealkylation sites (tertiary alicyclic amines) is 1. The maximum atomic E-state index is 14.0. The minimum Gasteiger partial charge on any atom is -0.463 e. The normalized spacial score (nSPS) is 18.0. The summed E-state index contributed by atoms with van der Waals surface area (Å²) in [5.41, 5.74) is 4.64. The number of benzene rings is 2. The van der Waals surface area contributed by atoms with Crippen LogP contribution in [-0.2, 0) is 20.7 Å². The lowest BCUT2D eigenvalue weighted by molar-refractivity contribution is -0.137. The van der Waals surface area contributed by atoms with Gasteiger partial charge in [-0.2, -0.15) is 0 Å². The molecule has 0 bridgehead atoms. The maximum absolute atomic E-state index is 14.0. The van der Waals surface area contributed by atoms with Crippen LogP contribution in [0.1, 0.15) is 67.0 Å². The van der Waals surface area contributed by atoms with Crippen LogP contribution in [0, 0.1) is 19.7 Å². The quantitative estimate of drug-likeness (QED) is 0.308. The van der Waals surface area contributed by atoms with Crippen LogP contribution in [0.4, 0.5) is 4.39 Å². The maximum Gasteiger partial charge on any atom is 0.330 e. The van der Waals surface area contributed by atoms with Crippen LogP contribution in [0.5, 0.6) is 0 Å². The highest BCUT2D eigenvalue weighted by Gasteiger charge is 2.27. The zero-order valence-electron chi connectivity index (χ0n) is 22.0. The lowest BCUT2D eigenvalue weighted by Gasteiger charge is -2.28. The van der Waals surface area contributed by atoms with E-state index in [1.165, 1.54) is 6.08 Å². The van der Waals surface area contributed by atoms with E-state index >= 15 is 0 Å². The molecule has 0 aromatic heterocycles. The fourth-order valence-electron chi connectivity index (χ4n) is 4.86. The molecule has 1 fully saturated rings. The monoisotopic (exact) mass is 497 g/mol. The van der Waals surface area contributed by atoms with Crippen molar-refractivity contribution < 1.29 is 23.8 Å². The number of aliphatic hydroxyl groups excluding tert-OH is 1. The van der Waals surface area contributed by atoms with Crippen molar-refractivity contribution in [1.82, 2.24) is 4.90 Å². The van der Waals surface area contributed by atoms with Crippen LogP contribution in [-0.4, -0.2) is 54.4 Å². The number of carbonyl (C=O) groups excluding carboxylic acids is 1. The molecule has 0 amide bonds. The van der Waals surface area contributed by atoms with E-state index in [4.69, 9.17) is 9.47 Å². The van der Waals surface area contributed by atoms with Crippen LogP contribution >= 0.6 is 0 Å². The minimum absolute atomic E-state index is 0.163. The smallest absolute Gasteiger partial charge is 0.330 e. The van der Waals surface area contributed by atoms with Gasteiger partial charge in [0.15, 0.2) is 0 Å². The lowest BCUT2D eigenvalue weighted by atomic mass is 9.98. The van der Waals surface area contributed by atoms with Crippen molar-refractivity contribution in [2.45, 2.75) is 71.6 Å². The van der Waals surface area contributed by atoms with Crippen molar-refractivity contribution in [2.24, 2.45) is 0 Å². The highest BCUT2D eigenvalue weighted by molar-refractivity contribution is 5.87. The zero-order chi connectivity index (χ0) is 26.1. The molecule has 1 aliphatic rings. The number of nitrogens with zero attached hydrogens (tertiary/aromatic N) is 1. The third-order valence-corrected chi connectivity index (χ3v) is 6.79. The number of halogens is 1. The highest BCUT2D eigenvalue weighted by atomic mass is 19.1. The van der Waals surface area contributed by atoms with Gasteiger partial charge in [0.1, 0.15) is 5.82 Å². The minimum atomic E-state index is -0.627. The Hall–Kier alpha value is -2.54. The first-order valence-electron chi connectivity index (χ1n) is 13.0. The number of β-amino-alcohol motifs (C(OH)–C–C–N with tert-alkyl or cyclic N) is 1. The number of esters is 1. The van der Waals surface area contributed by atoms with Gasteiger partial charge >= 0.3 is 5.97 Å². The first-order chi connectivity index (χ1) is 17.3. The molecule has 0 unspecified atom stereocenters. The van der Waals surface area contributed by atoms with Crippen LogP contribution in [0.25, 0.3) is 6.08 Å². The van der Waals surface area contributed by atoms with Crippen molar-refractivity contribution in [3.8, 4) is 0 Å². The molecule has 0 aliphatic carbocycles. The second-order valence-corrected chi connectivity index (χ2v) is 9.68. The summed E-state index contributed by atoms with van der Waals surface area (Å²) in [5, 5.41) is 10.8. The summed E-state index contributed by atoms with van der Waals surface area (Å²) in [7, 11) is 0. The van der Waals surface area contributed by atoms with Crippen LogP contribution < -0.4 is 0 Å². The molecule has 36 heavy (non-hydrogen) atoms. The lowest BCUT2D eigenvalue weighted by Crippen LogP contribution is -2.39. The second kappa shape index (κ2) is 13.7. The van der Waals surface area contributed by atoms with Gasteiger partial charge in [0.2, 0.25) is 0 Å². The van der Waals surface area contributed by atoms with Crippen molar-refractivity contribution in [2.75, 3.05) is 26.3 Å². The van der Waals surface area contributed by atoms with Crippen LogP contribution in [0.2, 0.25) is 0 Å². The van der Waals surface area contributed by atoms with Crippen molar-refractivity contribution in [3.05, 3.63) is 76.1 Å². The van der Waals surface area contributed by atoms with Gasteiger partial charge < -0.3 is 14.6 Å². The fraction of sp³-hybridized carbons (Fsp3) is 0.500. The fourth-order valence-corrected chi connectivity index (χ4v) is 4.86. The van der Waals surface area contributed by atoms with Gasteiger partial charge in [-0.05, 0) is 87.4 Å². The summed E-state index contributed by atoms with van der Waals surface area (Å²) in [6.07, 6.45) is 6.01. The molecule has 6 heteroatoms. The Morgan fingerprint density at radius 3 is 2.75 bits per heavy atom. The van der Waals surface area contributed by atoms with E-state index in [-0.39, 0.29) is 24.5 Å². The molecule has 5 nitrogen and oxygen atoms in total. The molecular weight excluding hydrogens is 457 g/mol. The molecule has 2 aromatic carbocycles. The Bertz CT molecular complexity index is 1040. The average Bonchev–Trinajstić information content (AvgIpc) is 3.27. The molecule has 1 saturated heterocycles. The summed E-state index contributed by atoms with van der Waals surface area (Å²) in [4.78, 5) is 14.1. The van der Waals surface area contributed by atoms with Crippen LogP contribution in [0.15, 0.2) is 42.5 Å². The van der Waals surface area contributed by atoms with E-state index in [0.29, 0.717) is 24.8 Å². The van der Waals surface area contributed by atoms with Crippen LogP contribution in [0.3, 0.4) is 0 Å². The zero-order valence-corrected chi connectivity index (χ0v) is 22.0. The van der Waals surface area contributed by atoms with Gasteiger partial charge in [-0.1, -0.05) is 42.8 Å². The number of hydrogen-bond acceptors (Lipinski definition) is 5. The summed E-state index contributed by atoms with van der Waals surface area (Å²) < 4.78 is 25.2. The predicted octanol–water partition coefficient (Wildman–Crippen LogP) is 5.55. The van der Waals surface area contributed by atoms with Crippen molar-refractivity contribution >= 4 is 12.0 Å². The molecular formula is C30H40FNO4. The molecule has 1 heterocycles. The second-order valence-electron chi connectivity index (χ2n) is 9.68. The number of carbonyl (C=O) groups is 1. The molecule has 0 saturated carbocycles. The van der Waals surface area contributed by atoms with E-state index in [1.807, 2.05) is 44.2 Å². The Balaban J connectivity index is 1.59. The highest BCUT2D eigenvalue weighted by Crippen LogP contribution is 2.28. The van der Waals surface area contributed by atoms with Gasteiger partial charge in [-0.15, -0.1) is 0 Å². The van der Waals surface area contributed by atoms with E-state index < -0.39 is 6.10 Å². The molecule has 0 spiro atoms. The summed E-state index contributed by atoms with van der Waals surface area (Å²) in [6, 6.07) is 11.8. The Kier molecular flexibility index (Phi) is 10.7. The van der Waals surface area contributed by atoms with E-state index in [1.54, 1.807) is 26.0 Å². The SMILES string of the molecule is CCOC(=O)/C=C/c1cc(C)ccc1[C@@H](CC)OC[C@H](O)CN1CCC[C@H]1Cc1ccc(C)c(F)c1. The van der Waals surface area contributed by atoms with Gasteiger partial charge in [-0.25, -0.2) is 9.18 Å². The van der Waals surface area contributed by atoms with Crippen molar-refractivity contribution in [1.29, 1.82) is 0 Å². The van der Waals surface area contributed by atoms with E-state index in [0.717, 1.165) is 54.5 Å². The molecule has 196 valence electrons.